The van der Waals surface area contributed by atoms with Gasteiger partial charge in [-0.2, -0.15) is 0 Å². The Bertz CT molecular complexity index is 415. The van der Waals surface area contributed by atoms with E-state index >= 15 is 0 Å². The average molecular weight is 224 g/mol. The van der Waals surface area contributed by atoms with E-state index in [0.29, 0.717) is 12.1 Å². The molecule has 0 radical (unpaired) electrons. The van der Waals surface area contributed by atoms with Gasteiger partial charge < -0.3 is 5.11 Å². The standard InChI is InChI=1S/C10H9FN2OS/c11-7-1-2-8(13-6-7)9(14)5-10-12-3-4-15-10/h1-4,6,9,14H,5H2. The van der Waals surface area contributed by atoms with Crippen molar-refractivity contribution >= 4 is 11.3 Å². The summed E-state index contributed by atoms with van der Waals surface area (Å²) in [5, 5.41) is 12.5. The van der Waals surface area contributed by atoms with Crippen molar-refractivity contribution in [3.63, 3.8) is 0 Å². The molecule has 2 aromatic heterocycles. The summed E-state index contributed by atoms with van der Waals surface area (Å²) >= 11 is 1.48. The Labute approximate surface area is 90.3 Å². The van der Waals surface area contributed by atoms with Crippen molar-refractivity contribution in [3.05, 3.63) is 46.4 Å². The van der Waals surface area contributed by atoms with E-state index in [1.54, 1.807) is 6.20 Å². The second-order valence-corrected chi connectivity index (χ2v) is 4.03. The van der Waals surface area contributed by atoms with Crippen molar-refractivity contribution in [2.24, 2.45) is 0 Å². The first kappa shape index (κ1) is 10.2. The fourth-order valence-electron chi connectivity index (χ4n) is 1.21. The van der Waals surface area contributed by atoms with Crippen molar-refractivity contribution in [1.82, 2.24) is 9.97 Å². The highest BCUT2D eigenvalue weighted by atomic mass is 32.1. The zero-order valence-electron chi connectivity index (χ0n) is 7.80. The molecule has 1 N–H and O–H groups in total. The molecule has 0 amide bonds. The Kier molecular flexibility index (Phi) is 3.03. The van der Waals surface area contributed by atoms with Crippen LogP contribution in [0.4, 0.5) is 4.39 Å². The molecule has 3 nitrogen and oxygen atoms in total. The first-order chi connectivity index (χ1) is 7.25. The maximum absolute atomic E-state index is 12.6. The Hall–Kier alpha value is -1.33. The summed E-state index contributed by atoms with van der Waals surface area (Å²) in [5.41, 5.74) is 0.464. The molecule has 0 bridgehead atoms. The number of aliphatic hydroxyl groups is 1. The van der Waals surface area contributed by atoms with Crippen LogP contribution in [0.25, 0.3) is 0 Å². The van der Waals surface area contributed by atoms with Gasteiger partial charge in [-0.1, -0.05) is 0 Å². The molecule has 78 valence electrons. The number of halogens is 1. The van der Waals surface area contributed by atoms with Crippen molar-refractivity contribution in [2.75, 3.05) is 0 Å². The first-order valence-corrected chi connectivity index (χ1v) is 5.31. The summed E-state index contributed by atoms with van der Waals surface area (Å²) in [6.07, 6.45) is 2.47. The highest BCUT2D eigenvalue weighted by molar-refractivity contribution is 7.09. The number of pyridine rings is 1. The largest absolute Gasteiger partial charge is 0.386 e. The zero-order valence-corrected chi connectivity index (χ0v) is 8.62. The van der Waals surface area contributed by atoms with E-state index in [0.717, 1.165) is 11.2 Å². The topological polar surface area (TPSA) is 46.0 Å². The van der Waals surface area contributed by atoms with Gasteiger partial charge in [-0.05, 0) is 12.1 Å². The Morgan fingerprint density at radius 2 is 2.27 bits per heavy atom. The molecule has 2 aromatic rings. The van der Waals surface area contributed by atoms with Crippen LogP contribution < -0.4 is 0 Å². The molecule has 2 heterocycles. The summed E-state index contributed by atoms with van der Waals surface area (Å²) in [4.78, 5) is 7.87. The van der Waals surface area contributed by atoms with Crippen molar-refractivity contribution in [2.45, 2.75) is 12.5 Å². The molecule has 0 spiro atoms. The normalized spacial score (nSPS) is 12.7. The minimum Gasteiger partial charge on any atom is -0.386 e. The lowest BCUT2D eigenvalue weighted by Crippen LogP contribution is -2.03. The molecule has 1 unspecified atom stereocenters. The van der Waals surface area contributed by atoms with E-state index in [-0.39, 0.29) is 0 Å². The summed E-state index contributed by atoms with van der Waals surface area (Å²) in [5.74, 6) is -0.403. The van der Waals surface area contributed by atoms with Crippen LogP contribution in [0.2, 0.25) is 0 Å². The van der Waals surface area contributed by atoms with Crippen molar-refractivity contribution in [3.8, 4) is 0 Å². The number of hydrogen-bond donors (Lipinski definition) is 1. The van der Waals surface area contributed by atoms with Gasteiger partial charge in [0.1, 0.15) is 11.9 Å². The van der Waals surface area contributed by atoms with Crippen LogP contribution in [0, 0.1) is 5.82 Å². The molecule has 2 rings (SSSR count). The third kappa shape index (κ3) is 2.57. The molecular formula is C10H9FN2OS. The van der Waals surface area contributed by atoms with E-state index in [2.05, 4.69) is 9.97 Å². The summed E-state index contributed by atoms with van der Waals surface area (Å²) < 4.78 is 12.6. The minimum atomic E-state index is -0.725. The lowest BCUT2D eigenvalue weighted by molar-refractivity contribution is 0.173. The second-order valence-electron chi connectivity index (χ2n) is 3.05. The van der Waals surface area contributed by atoms with E-state index in [4.69, 9.17) is 0 Å². The first-order valence-electron chi connectivity index (χ1n) is 4.43. The van der Waals surface area contributed by atoms with E-state index < -0.39 is 11.9 Å². The van der Waals surface area contributed by atoms with Gasteiger partial charge in [-0.3, -0.25) is 4.98 Å². The minimum absolute atomic E-state index is 0.403. The number of nitrogens with zero attached hydrogens (tertiary/aromatic N) is 2. The molecule has 0 fully saturated rings. The highest BCUT2D eigenvalue weighted by Gasteiger charge is 2.11. The maximum atomic E-state index is 12.6. The molecule has 0 aliphatic carbocycles. The summed E-state index contributed by atoms with van der Waals surface area (Å²) in [6.45, 7) is 0. The second kappa shape index (κ2) is 4.46. The molecule has 0 aromatic carbocycles. The SMILES string of the molecule is OC(Cc1nccs1)c1ccc(F)cn1. The van der Waals surface area contributed by atoms with Gasteiger partial charge in [0.2, 0.25) is 0 Å². The number of thiazole rings is 1. The van der Waals surface area contributed by atoms with Gasteiger partial charge >= 0.3 is 0 Å². The number of rotatable bonds is 3. The molecule has 5 heteroatoms. The van der Waals surface area contributed by atoms with Crippen LogP contribution in [-0.2, 0) is 6.42 Å². The maximum Gasteiger partial charge on any atom is 0.141 e. The van der Waals surface area contributed by atoms with Crippen molar-refractivity contribution < 1.29 is 9.50 Å². The molecule has 0 aliphatic heterocycles. The Morgan fingerprint density at radius 3 is 2.87 bits per heavy atom. The van der Waals surface area contributed by atoms with Crippen LogP contribution in [0.5, 0.6) is 0 Å². The van der Waals surface area contributed by atoms with Gasteiger partial charge in [0.05, 0.1) is 16.9 Å². The highest BCUT2D eigenvalue weighted by Crippen LogP contribution is 2.17. The van der Waals surface area contributed by atoms with Crippen LogP contribution in [0.1, 0.15) is 16.8 Å². The Morgan fingerprint density at radius 1 is 1.40 bits per heavy atom. The van der Waals surface area contributed by atoms with Gasteiger partial charge in [0.15, 0.2) is 0 Å². The molecule has 0 aliphatic rings. The van der Waals surface area contributed by atoms with Crippen LogP contribution >= 0.6 is 11.3 Å². The van der Waals surface area contributed by atoms with E-state index in [1.807, 2.05) is 5.38 Å². The monoisotopic (exact) mass is 224 g/mol. The van der Waals surface area contributed by atoms with Gasteiger partial charge in [0, 0.05) is 18.0 Å². The number of aromatic nitrogens is 2. The summed E-state index contributed by atoms with van der Waals surface area (Å²) in [6, 6.07) is 2.76. The lowest BCUT2D eigenvalue weighted by atomic mass is 10.2. The number of aliphatic hydroxyl groups excluding tert-OH is 1. The van der Waals surface area contributed by atoms with Gasteiger partial charge in [-0.25, -0.2) is 9.37 Å². The van der Waals surface area contributed by atoms with Gasteiger partial charge in [-0.15, -0.1) is 11.3 Å². The quantitative estimate of drug-likeness (QED) is 0.866. The molecule has 0 saturated heterocycles. The van der Waals surface area contributed by atoms with Gasteiger partial charge in [0.25, 0.3) is 0 Å². The third-order valence-corrected chi connectivity index (χ3v) is 2.75. The molecule has 0 saturated carbocycles. The van der Waals surface area contributed by atoms with Crippen LogP contribution in [0.3, 0.4) is 0 Å². The third-order valence-electron chi connectivity index (χ3n) is 1.94. The molecule has 1 atom stereocenters. The van der Waals surface area contributed by atoms with E-state index in [1.165, 1.54) is 23.5 Å². The fraction of sp³-hybridized carbons (Fsp3) is 0.200. The average Bonchev–Trinajstić information content (AvgIpc) is 2.71. The lowest BCUT2D eigenvalue weighted by Gasteiger charge is -2.07. The van der Waals surface area contributed by atoms with Crippen LogP contribution in [-0.4, -0.2) is 15.1 Å². The number of hydrogen-bond acceptors (Lipinski definition) is 4. The summed E-state index contributed by atoms with van der Waals surface area (Å²) in [7, 11) is 0. The smallest absolute Gasteiger partial charge is 0.141 e. The fourth-order valence-corrected chi connectivity index (χ4v) is 1.86. The predicted molar refractivity (Wildman–Crippen MR) is 55.0 cm³/mol. The van der Waals surface area contributed by atoms with Crippen molar-refractivity contribution in [1.29, 1.82) is 0 Å². The van der Waals surface area contributed by atoms with E-state index in [9.17, 15) is 9.50 Å². The van der Waals surface area contributed by atoms with Crippen LogP contribution in [0.15, 0.2) is 29.9 Å². The molecule has 15 heavy (non-hydrogen) atoms. The zero-order chi connectivity index (χ0) is 10.7. The predicted octanol–water partition coefficient (Wildman–Crippen LogP) is 1.95. The Balaban J connectivity index is 2.08. The molecular weight excluding hydrogens is 215 g/mol.